The summed E-state index contributed by atoms with van der Waals surface area (Å²) in [6.45, 7) is 4.88. The number of aliphatic hydroxyl groups is 1. The highest BCUT2D eigenvalue weighted by atomic mass is 16.2. The normalized spacial score (nSPS) is 29.5. The number of aromatic nitrogens is 3. The van der Waals surface area contributed by atoms with Gasteiger partial charge in [0, 0.05) is 12.8 Å². The molecule has 17 heavy (non-hydrogen) atoms. The first kappa shape index (κ1) is 12.6. The summed E-state index contributed by atoms with van der Waals surface area (Å²) >= 11 is 0. The van der Waals surface area contributed by atoms with Crippen molar-refractivity contribution < 1.29 is 5.11 Å². The maximum absolute atomic E-state index is 8.80. The summed E-state index contributed by atoms with van der Waals surface area (Å²) in [5.74, 6) is 1.57. The van der Waals surface area contributed by atoms with Crippen LogP contribution in [-0.2, 0) is 6.42 Å². The molecule has 1 heterocycles. The van der Waals surface area contributed by atoms with Crippen molar-refractivity contribution in [3.8, 4) is 0 Å². The summed E-state index contributed by atoms with van der Waals surface area (Å²) in [5.41, 5.74) is 1.00. The van der Waals surface area contributed by atoms with Crippen LogP contribution in [0, 0.1) is 11.8 Å². The van der Waals surface area contributed by atoms with Gasteiger partial charge in [-0.1, -0.05) is 19.1 Å². The molecular weight excluding hydrogens is 214 g/mol. The van der Waals surface area contributed by atoms with Crippen LogP contribution in [0.25, 0.3) is 0 Å². The molecule has 2 atom stereocenters. The summed E-state index contributed by atoms with van der Waals surface area (Å²) in [6, 6.07) is 0.518. The molecule has 4 nitrogen and oxygen atoms in total. The minimum atomic E-state index is 0.227. The lowest BCUT2D eigenvalue weighted by atomic mass is 9.80. The molecule has 0 aromatic carbocycles. The first-order valence-corrected chi connectivity index (χ1v) is 6.70. The van der Waals surface area contributed by atoms with E-state index in [-0.39, 0.29) is 6.61 Å². The Morgan fingerprint density at radius 2 is 2.00 bits per heavy atom. The summed E-state index contributed by atoms with van der Waals surface area (Å²) in [5, 5.41) is 17.2. The van der Waals surface area contributed by atoms with Gasteiger partial charge in [0.25, 0.3) is 0 Å². The summed E-state index contributed by atoms with van der Waals surface area (Å²) in [6.07, 6.45) is 7.43. The summed E-state index contributed by atoms with van der Waals surface area (Å²) < 4.78 is 2.04. The van der Waals surface area contributed by atoms with Gasteiger partial charge in [-0.3, -0.25) is 0 Å². The number of rotatable bonds is 4. The minimum absolute atomic E-state index is 0.227. The molecular formula is C13H23N3O. The van der Waals surface area contributed by atoms with Crippen LogP contribution in [0.4, 0.5) is 0 Å². The van der Waals surface area contributed by atoms with Crippen molar-refractivity contribution in [1.82, 2.24) is 15.0 Å². The fourth-order valence-corrected chi connectivity index (χ4v) is 2.99. The molecule has 2 unspecified atom stereocenters. The highest BCUT2D eigenvalue weighted by Gasteiger charge is 2.25. The molecule has 0 bridgehead atoms. The molecule has 1 aromatic rings. The SMILES string of the molecule is CC1CC(C)CC(n2cc(CCCO)nn2)C1. The predicted molar refractivity (Wildman–Crippen MR) is 66.6 cm³/mol. The van der Waals surface area contributed by atoms with Crippen molar-refractivity contribution in [1.29, 1.82) is 0 Å². The van der Waals surface area contributed by atoms with Gasteiger partial charge in [0.15, 0.2) is 0 Å². The van der Waals surface area contributed by atoms with E-state index in [4.69, 9.17) is 5.11 Å². The van der Waals surface area contributed by atoms with Crippen LogP contribution in [0.15, 0.2) is 6.20 Å². The number of hydrogen-bond acceptors (Lipinski definition) is 3. The molecule has 1 saturated carbocycles. The maximum atomic E-state index is 8.80. The monoisotopic (exact) mass is 237 g/mol. The Balaban J connectivity index is 1.98. The highest BCUT2D eigenvalue weighted by molar-refractivity contribution is 4.94. The largest absolute Gasteiger partial charge is 0.396 e. The molecule has 0 spiro atoms. The van der Waals surface area contributed by atoms with E-state index in [0.29, 0.717) is 6.04 Å². The molecule has 1 aromatic heterocycles. The Labute approximate surface area is 103 Å². The highest BCUT2D eigenvalue weighted by Crippen LogP contribution is 2.35. The van der Waals surface area contributed by atoms with Crippen LogP contribution in [-0.4, -0.2) is 26.7 Å². The molecule has 0 saturated heterocycles. The minimum Gasteiger partial charge on any atom is -0.396 e. The molecule has 0 radical (unpaired) electrons. The lowest BCUT2D eigenvalue weighted by Gasteiger charge is -2.31. The molecule has 0 aliphatic heterocycles. The Kier molecular flexibility index (Phi) is 4.15. The predicted octanol–water partition coefficient (Wildman–Crippen LogP) is 2.20. The van der Waals surface area contributed by atoms with Crippen molar-refractivity contribution in [2.45, 2.75) is 52.0 Å². The van der Waals surface area contributed by atoms with E-state index in [2.05, 4.69) is 30.4 Å². The van der Waals surface area contributed by atoms with Crippen molar-refractivity contribution in [3.63, 3.8) is 0 Å². The Morgan fingerprint density at radius 1 is 1.29 bits per heavy atom. The molecule has 1 aliphatic rings. The zero-order chi connectivity index (χ0) is 12.3. The lowest BCUT2D eigenvalue weighted by molar-refractivity contribution is 0.208. The number of hydrogen-bond donors (Lipinski definition) is 1. The summed E-state index contributed by atoms with van der Waals surface area (Å²) in [4.78, 5) is 0. The molecule has 1 aliphatic carbocycles. The maximum Gasteiger partial charge on any atom is 0.0828 e. The lowest BCUT2D eigenvalue weighted by Crippen LogP contribution is -2.23. The van der Waals surface area contributed by atoms with Crippen LogP contribution in [0.3, 0.4) is 0 Å². The van der Waals surface area contributed by atoms with Crippen LogP contribution < -0.4 is 0 Å². The van der Waals surface area contributed by atoms with Crippen LogP contribution in [0.2, 0.25) is 0 Å². The third-order valence-electron chi connectivity index (χ3n) is 3.68. The van der Waals surface area contributed by atoms with E-state index >= 15 is 0 Å². The Hall–Kier alpha value is -0.900. The zero-order valence-corrected chi connectivity index (χ0v) is 10.8. The second-order valence-corrected chi connectivity index (χ2v) is 5.59. The van der Waals surface area contributed by atoms with E-state index in [1.165, 1.54) is 19.3 Å². The van der Waals surface area contributed by atoms with Gasteiger partial charge in [-0.05, 0) is 43.9 Å². The first-order chi connectivity index (χ1) is 8.19. The van der Waals surface area contributed by atoms with Gasteiger partial charge >= 0.3 is 0 Å². The number of aryl methyl sites for hydroxylation is 1. The van der Waals surface area contributed by atoms with Crippen molar-refractivity contribution in [3.05, 3.63) is 11.9 Å². The van der Waals surface area contributed by atoms with E-state index in [1.54, 1.807) is 0 Å². The average molecular weight is 237 g/mol. The van der Waals surface area contributed by atoms with E-state index in [1.807, 2.05) is 4.68 Å². The fourth-order valence-electron chi connectivity index (χ4n) is 2.99. The third kappa shape index (κ3) is 3.28. The molecule has 0 amide bonds. The van der Waals surface area contributed by atoms with Crippen molar-refractivity contribution in [2.24, 2.45) is 11.8 Å². The molecule has 4 heteroatoms. The van der Waals surface area contributed by atoms with Gasteiger partial charge in [-0.2, -0.15) is 0 Å². The van der Waals surface area contributed by atoms with Gasteiger partial charge in [-0.15, -0.1) is 5.10 Å². The first-order valence-electron chi connectivity index (χ1n) is 6.70. The van der Waals surface area contributed by atoms with E-state index in [9.17, 15) is 0 Å². The van der Waals surface area contributed by atoms with Crippen molar-refractivity contribution >= 4 is 0 Å². The van der Waals surface area contributed by atoms with Crippen LogP contribution in [0.5, 0.6) is 0 Å². The van der Waals surface area contributed by atoms with Gasteiger partial charge in [0.1, 0.15) is 0 Å². The fraction of sp³-hybridized carbons (Fsp3) is 0.846. The van der Waals surface area contributed by atoms with Crippen molar-refractivity contribution in [2.75, 3.05) is 6.61 Å². The second-order valence-electron chi connectivity index (χ2n) is 5.59. The number of aliphatic hydroxyl groups excluding tert-OH is 1. The summed E-state index contributed by atoms with van der Waals surface area (Å²) in [7, 11) is 0. The zero-order valence-electron chi connectivity index (χ0n) is 10.8. The molecule has 1 fully saturated rings. The second kappa shape index (κ2) is 5.63. The van der Waals surface area contributed by atoms with E-state index < -0.39 is 0 Å². The van der Waals surface area contributed by atoms with Crippen LogP contribution in [0.1, 0.15) is 51.3 Å². The van der Waals surface area contributed by atoms with E-state index in [0.717, 1.165) is 30.4 Å². The van der Waals surface area contributed by atoms with Crippen LogP contribution >= 0.6 is 0 Å². The molecule has 1 N–H and O–H groups in total. The van der Waals surface area contributed by atoms with Gasteiger partial charge in [-0.25, -0.2) is 4.68 Å². The average Bonchev–Trinajstić information content (AvgIpc) is 2.73. The topological polar surface area (TPSA) is 50.9 Å². The Bertz CT molecular complexity index is 340. The van der Waals surface area contributed by atoms with Gasteiger partial charge < -0.3 is 5.11 Å². The van der Waals surface area contributed by atoms with Gasteiger partial charge in [0.05, 0.1) is 11.7 Å². The third-order valence-corrected chi connectivity index (χ3v) is 3.68. The Morgan fingerprint density at radius 3 is 2.65 bits per heavy atom. The standard InChI is InChI=1S/C13H23N3O/c1-10-6-11(2)8-13(7-10)16-9-12(14-15-16)4-3-5-17/h9-11,13,17H,3-8H2,1-2H3. The molecule has 2 rings (SSSR count). The quantitative estimate of drug-likeness (QED) is 0.873. The smallest absolute Gasteiger partial charge is 0.0828 e. The molecule has 96 valence electrons. The number of nitrogens with zero attached hydrogens (tertiary/aromatic N) is 3. The van der Waals surface area contributed by atoms with Gasteiger partial charge in [0.2, 0.25) is 0 Å².